The highest BCUT2D eigenvalue weighted by Gasteiger charge is 2.27. The lowest BCUT2D eigenvalue weighted by Crippen LogP contribution is -2.49. The summed E-state index contributed by atoms with van der Waals surface area (Å²) >= 11 is 0. The summed E-state index contributed by atoms with van der Waals surface area (Å²) in [6.45, 7) is 10.1. The van der Waals surface area contributed by atoms with Crippen LogP contribution >= 0.6 is 0 Å². The molecule has 0 aromatic rings. The van der Waals surface area contributed by atoms with E-state index in [2.05, 4.69) is 11.5 Å². The molecule has 14 heavy (non-hydrogen) atoms. The van der Waals surface area contributed by atoms with Crippen molar-refractivity contribution in [1.29, 1.82) is 0 Å². The number of hydrogen-bond acceptors (Lipinski definition) is 3. The summed E-state index contributed by atoms with van der Waals surface area (Å²) in [7, 11) is 0. The predicted molar refractivity (Wildman–Crippen MR) is 53.2 cm³/mol. The number of carboxylic acid groups (broad SMARTS) is 1. The molecule has 4 heteroatoms. The monoisotopic (exact) mass is 199 g/mol. The van der Waals surface area contributed by atoms with Crippen molar-refractivity contribution in [1.82, 2.24) is 4.90 Å². The van der Waals surface area contributed by atoms with Crippen LogP contribution in [0.3, 0.4) is 0 Å². The van der Waals surface area contributed by atoms with Crippen LogP contribution in [0.25, 0.3) is 0 Å². The van der Waals surface area contributed by atoms with E-state index in [1.165, 1.54) is 0 Å². The van der Waals surface area contributed by atoms with Gasteiger partial charge in [0.2, 0.25) is 0 Å². The molecule has 1 fully saturated rings. The quantitative estimate of drug-likeness (QED) is 0.681. The fraction of sp³-hybridized carbons (Fsp3) is 0.700. The number of rotatable bonds is 3. The lowest BCUT2D eigenvalue weighted by atomic mass is 10.1. The minimum atomic E-state index is -0.922. The van der Waals surface area contributed by atoms with Gasteiger partial charge in [-0.05, 0) is 13.8 Å². The van der Waals surface area contributed by atoms with Gasteiger partial charge in [-0.1, -0.05) is 6.58 Å². The Bertz CT molecular complexity index is 248. The first kappa shape index (κ1) is 11.2. The Morgan fingerprint density at radius 3 is 2.79 bits per heavy atom. The molecule has 0 aliphatic carbocycles. The summed E-state index contributed by atoms with van der Waals surface area (Å²) in [6.07, 6.45) is 0. The van der Waals surface area contributed by atoms with E-state index in [0.29, 0.717) is 13.2 Å². The topological polar surface area (TPSA) is 49.8 Å². The maximum Gasteiger partial charge on any atom is 0.332 e. The Morgan fingerprint density at radius 1 is 1.64 bits per heavy atom. The number of carbonyl (C=O) groups is 1. The molecule has 0 aromatic heterocycles. The summed E-state index contributed by atoms with van der Waals surface area (Å²) in [6, 6.07) is 0. The second-order valence-electron chi connectivity index (χ2n) is 4.23. The number of hydrogen-bond donors (Lipinski definition) is 1. The van der Waals surface area contributed by atoms with Gasteiger partial charge in [0.25, 0.3) is 0 Å². The smallest absolute Gasteiger partial charge is 0.332 e. The van der Waals surface area contributed by atoms with E-state index in [0.717, 1.165) is 13.1 Å². The van der Waals surface area contributed by atoms with Gasteiger partial charge in [0.15, 0.2) is 0 Å². The summed E-state index contributed by atoms with van der Waals surface area (Å²) < 4.78 is 5.52. The molecule has 0 atom stereocenters. The van der Waals surface area contributed by atoms with Crippen molar-refractivity contribution < 1.29 is 14.6 Å². The largest absolute Gasteiger partial charge is 0.478 e. The zero-order valence-electron chi connectivity index (χ0n) is 8.75. The van der Waals surface area contributed by atoms with Crippen molar-refractivity contribution in [3.63, 3.8) is 0 Å². The molecule has 80 valence electrons. The van der Waals surface area contributed by atoms with Gasteiger partial charge in [-0.2, -0.15) is 0 Å². The van der Waals surface area contributed by atoms with Gasteiger partial charge in [-0.25, -0.2) is 4.79 Å². The first-order chi connectivity index (χ1) is 6.41. The highest BCUT2D eigenvalue weighted by molar-refractivity contribution is 5.86. The van der Waals surface area contributed by atoms with E-state index in [-0.39, 0.29) is 11.2 Å². The Hall–Kier alpha value is -0.870. The molecular weight excluding hydrogens is 182 g/mol. The molecule has 0 unspecified atom stereocenters. The molecular formula is C10H17NO3. The fourth-order valence-electron chi connectivity index (χ4n) is 1.59. The molecule has 1 aliphatic heterocycles. The van der Waals surface area contributed by atoms with Gasteiger partial charge in [-0.3, -0.25) is 4.90 Å². The molecule has 0 spiro atoms. The lowest BCUT2D eigenvalue weighted by molar-refractivity contribution is -0.133. The average molecular weight is 199 g/mol. The van der Waals surface area contributed by atoms with Crippen molar-refractivity contribution in [3.8, 4) is 0 Å². The van der Waals surface area contributed by atoms with Gasteiger partial charge in [0, 0.05) is 25.2 Å². The van der Waals surface area contributed by atoms with E-state index in [1.807, 2.05) is 13.8 Å². The summed E-state index contributed by atoms with van der Waals surface area (Å²) in [4.78, 5) is 12.6. The van der Waals surface area contributed by atoms with E-state index in [4.69, 9.17) is 9.84 Å². The van der Waals surface area contributed by atoms with Crippen LogP contribution in [0.5, 0.6) is 0 Å². The van der Waals surface area contributed by atoms with Crippen LogP contribution in [0.1, 0.15) is 13.8 Å². The number of morpholine rings is 1. The Balaban J connectivity index is 2.46. The van der Waals surface area contributed by atoms with Crippen molar-refractivity contribution in [2.24, 2.45) is 0 Å². The minimum absolute atomic E-state index is 0.183. The molecule has 0 bridgehead atoms. The molecule has 1 heterocycles. The van der Waals surface area contributed by atoms with Crippen LogP contribution in [-0.2, 0) is 9.53 Å². The highest BCUT2D eigenvalue weighted by atomic mass is 16.5. The van der Waals surface area contributed by atoms with Crippen molar-refractivity contribution >= 4 is 5.97 Å². The normalized spacial score (nSPS) is 21.9. The zero-order valence-corrected chi connectivity index (χ0v) is 8.75. The van der Waals surface area contributed by atoms with Gasteiger partial charge in [-0.15, -0.1) is 0 Å². The molecule has 1 N–H and O–H groups in total. The first-order valence-corrected chi connectivity index (χ1v) is 4.68. The number of nitrogens with zero attached hydrogens (tertiary/aromatic N) is 1. The number of ether oxygens (including phenoxy) is 1. The number of aliphatic carboxylic acids is 1. The third-order valence-electron chi connectivity index (χ3n) is 2.22. The zero-order chi connectivity index (χ0) is 10.8. The lowest BCUT2D eigenvalue weighted by Gasteiger charge is -2.38. The van der Waals surface area contributed by atoms with E-state index in [9.17, 15) is 4.79 Å². The van der Waals surface area contributed by atoms with E-state index in [1.54, 1.807) is 0 Å². The van der Waals surface area contributed by atoms with Gasteiger partial charge >= 0.3 is 5.97 Å². The highest BCUT2D eigenvalue weighted by Crippen LogP contribution is 2.16. The van der Waals surface area contributed by atoms with Gasteiger partial charge in [0.05, 0.1) is 12.2 Å². The Morgan fingerprint density at radius 2 is 2.29 bits per heavy atom. The van der Waals surface area contributed by atoms with Gasteiger partial charge in [0.1, 0.15) is 0 Å². The van der Waals surface area contributed by atoms with Crippen LogP contribution in [0.2, 0.25) is 0 Å². The molecule has 4 nitrogen and oxygen atoms in total. The van der Waals surface area contributed by atoms with Crippen molar-refractivity contribution in [2.45, 2.75) is 19.4 Å². The SMILES string of the molecule is C=C(CN1CCOC(C)(C)C1)C(=O)O. The van der Waals surface area contributed by atoms with Crippen molar-refractivity contribution in [3.05, 3.63) is 12.2 Å². The Kier molecular flexibility index (Phi) is 3.29. The molecule has 0 saturated carbocycles. The minimum Gasteiger partial charge on any atom is -0.478 e. The standard InChI is InChI=1S/C10H17NO3/c1-8(9(12)13)6-11-4-5-14-10(2,3)7-11/h1,4-7H2,2-3H3,(H,12,13). The summed E-state index contributed by atoms with van der Waals surface area (Å²) in [5, 5.41) is 8.69. The van der Waals surface area contributed by atoms with Gasteiger partial charge < -0.3 is 9.84 Å². The van der Waals surface area contributed by atoms with Crippen molar-refractivity contribution in [2.75, 3.05) is 26.2 Å². The maximum absolute atomic E-state index is 10.6. The van der Waals surface area contributed by atoms with Crippen LogP contribution in [0.15, 0.2) is 12.2 Å². The fourth-order valence-corrected chi connectivity index (χ4v) is 1.59. The molecule has 0 aromatic carbocycles. The Labute approximate surface area is 84.2 Å². The second-order valence-corrected chi connectivity index (χ2v) is 4.23. The number of carboxylic acids is 1. The molecule has 1 rings (SSSR count). The van der Waals surface area contributed by atoms with Crippen LogP contribution in [0.4, 0.5) is 0 Å². The summed E-state index contributed by atoms with van der Waals surface area (Å²) in [5.41, 5.74) is 0.0551. The third kappa shape index (κ3) is 3.12. The molecule has 1 aliphatic rings. The summed E-state index contributed by atoms with van der Waals surface area (Å²) in [5.74, 6) is -0.922. The average Bonchev–Trinajstić information content (AvgIpc) is 2.01. The first-order valence-electron chi connectivity index (χ1n) is 4.68. The predicted octanol–water partition coefficient (Wildman–Crippen LogP) is 0.738. The maximum atomic E-state index is 10.6. The molecule has 0 amide bonds. The van der Waals surface area contributed by atoms with E-state index >= 15 is 0 Å². The third-order valence-corrected chi connectivity index (χ3v) is 2.22. The molecule has 1 saturated heterocycles. The second kappa shape index (κ2) is 4.11. The molecule has 0 radical (unpaired) electrons. The van der Waals surface area contributed by atoms with E-state index < -0.39 is 5.97 Å². The van der Waals surface area contributed by atoms with Crippen LogP contribution in [0, 0.1) is 0 Å². The van der Waals surface area contributed by atoms with Crippen LogP contribution in [-0.4, -0.2) is 47.8 Å². The van der Waals surface area contributed by atoms with Crippen LogP contribution < -0.4 is 0 Å².